The standard InChI is InChI=1S/C24H26BrN3O2/c1-18-17-27(15-12-19-7-3-2-4-8-19)16-13-20(18)28(23-9-5-6-14-26-23)24(29)21-10-11-22(25)30-21/h2-11,14,18,20H,12-13,15-17H2,1H3/t18-,20+/m0/s1. The average Bonchev–Trinajstić information content (AvgIpc) is 3.21. The van der Waals surface area contributed by atoms with Crippen LogP contribution in [0.25, 0.3) is 0 Å². The van der Waals surface area contributed by atoms with Crippen LogP contribution in [0.4, 0.5) is 5.82 Å². The van der Waals surface area contributed by atoms with Crippen molar-refractivity contribution in [2.45, 2.75) is 25.8 Å². The summed E-state index contributed by atoms with van der Waals surface area (Å²) in [5.41, 5.74) is 1.36. The molecular formula is C24H26BrN3O2. The van der Waals surface area contributed by atoms with Gasteiger partial charge in [-0.25, -0.2) is 4.98 Å². The number of nitrogens with zero attached hydrogens (tertiary/aromatic N) is 3. The third kappa shape index (κ3) is 4.82. The lowest BCUT2D eigenvalue weighted by molar-refractivity contribution is 0.0904. The maximum absolute atomic E-state index is 13.4. The second-order valence-corrected chi connectivity index (χ2v) is 8.62. The van der Waals surface area contributed by atoms with Crippen LogP contribution in [0.3, 0.4) is 0 Å². The molecule has 1 amide bonds. The molecule has 6 heteroatoms. The molecule has 4 rings (SSSR count). The van der Waals surface area contributed by atoms with Gasteiger partial charge in [0.05, 0.1) is 0 Å². The van der Waals surface area contributed by atoms with E-state index in [0.29, 0.717) is 22.2 Å². The normalized spacial score (nSPS) is 19.5. The first-order valence-corrected chi connectivity index (χ1v) is 11.2. The summed E-state index contributed by atoms with van der Waals surface area (Å²) in [5, 5.41) is 0. The molecule has 0 N–H and O–H groups in total. The van der Waals surface area contributed by atoms with Crippen LogP contribution in [-0.4, -0.2) is 41.5 Å². The van der Waals surface area contributed by atoms with Crippen molar-refractivity contribution in [3.05, 3.63) is 82.9 Å². The Hall–Kier alpha value is -2.44. The predicted octanol–water partition coefficient (Wildman–Crippen LogP) is 5.04. The number of hydrogen-bond acceptors (Lipinski definition) is 4. The van der Waals surface area contributed by atoms with E-state index in [2.05, 4.69) is 63.1 Å². The number of amides is 1. The van der Waals surface area contributed by atoms with Crippen molar-refractivity contribution in [1.29, 1.82) is 0 Å². The van der Waals surface area contributed by atoms with E-state index in [9.17, 15) is 4.79 Å². The van der Waals surface area contributed by atoms with Gasteiger partial charge in [0.1, 0.15) is 5.82 Å². The minimum Gasteiger partial charge on any atom is -0.444 e. The fourth-order valence-corrected chi connectivity index (χ4v) is 4.51. The Labute approximate surface area is 185 Å². The van der Waals surface area contributed by atoms with E-state index < -0.39 is 0 Å². The molecule has 1 saturated heterocycles. The Bertz CT molecular complexity index is 961. The fraction of sp³-hybridized carbons (Fsp3) is 0.333. The number of hydrogen-bond donors (Lipinski definition) is 0. The molecule has 0 bridgehead atoms. The maximum atomic E-state index is 13.4. The van der Waals surface area contributed by atoms with Crippen molar-refractivity contribution >= 4 is 27.7 Å². The van der Waals surface area contributed by atoms with Crippen molar-refractivity contribution in [1.82, 2.24) is 9.88 Å². The smallest absolute Gasteiger partial charge is 0.295 e. The van der Waals surface area contributed by atoms with Crippen molar-refractivity contribution in [3.63, 3.8) is 0 Å². The molecule has 3 heterocycles. The van der Waals surface area contributed by atoms with Gasteiger partial charge >= 0.3 is 0 Å². The van der Waals surface area contributed by atoms with E-state index in [4.69, 9.17) is 4.42 Å². The first kappa shape index (κ1) is 20.8. The number of furan rings is 1. The summed E-state index contributed by atoms with van der Waals surface area (Å²) in [6.45, 7) is 5.17. The van der Waals surface area contributed by atoms with E-state index in [0.717, 1.165) is 32.5 Å². The first-order valence-electron chi connectivity index (χ1n) is 10.4. The molecule has 0 spiro atoms. The highest BCUT2D eigenvalue weighted by Gasteiger charge is 2.36. The van der Waals surface area contributed by atoms with Gasteiger partial charge in [-0.15, -0.1) is 0 Å². The summed E-state index contributed by atoms with van der Waals surface area (Å²) in [6, 6.07) is 19.8. The van der Waals surface area contributed by atoms with Crippen molar-refractivity contribution in [2.75, 3.05) is 24.5 Å². The van der Waals surface area contributed by atoms with Gasteiger partial charge in [0, 0.05) is 31.9 Å². The van der Waals surface area contributed by atoms with E-state index >= 15 is 0 Å². The van der Waals surface area contributed by atoms with Gasteiger partial charge in [-0.3, -0.25) is 9.69 Å². The Kier molecular flexibility index (Phi) is 6.65. The first-order chi connectivity index (χ1) is 14.6. The number of anilines is 1. The molecule has 30 heavy (non-hydrogen) atoms. The molecule has 1 aliphatic rings. The number of carbonyl (C=O) groups is 1. The van der Waals surface area contributed by atoms with Crippen LogP contribution < -0.4 is 4.90 Å². The predicted molar refractivity (Wildman–Crippen MR) is 122 cm³/mol. The molecule has 1 aliphatic heterocycles. The lowest BCUT2D eigenvalue weighted by Crippen LogP contribution is -2.53. The monoisotopic (exact) mass is 467 g/mol. The molecule has 0 radical (unpaired) electrons. The minimum absolute atomic E-state index is 0.0734. The highest BCUT2D eigenvalue weighted by atomic mass is 79.9. The van der Waals surface area contributed by atoms with Crippen LogP contribution in [0, 0.1) is 5.92 Å². The van der Waals surface area contributed by atoms with Crippen molar-refractivity contribution in [3.8, 4) is 0 Å². The van der Waals surface area contributed by atoms with Gasteiger partial charge in [0.2, 0.25) is 0 Å². The summed E-state index contributed by atoms with van der Waals surface area (Å²) in [6.07, 6.45) is 3.68. The minimum atomic E-state index is -0.144. The highest BCUT2D eigenvalue weighted by Crippen LogP contribution is 2.29. The second-order valence-electron chi connectivity index (χ2n) is 7.84. The lowest BCUT2D eigenvalue weighted by Gasteiger charge is -2.42. The van der Waals surface area contributed by atoms with E-state index in [1.807, 2.05) is 23.1 Å². The van der Waals surface area contributed by atoms with Crippen LogP contribution in [0.15, 0.2) is 75.9 Å². The second kappa shape index (κ2) is 9.58. The van der Waals surface area contributed by atoms with Gasteiger partial charge in [-0.2, -0.15) is 0 Å². The molecule has 1 aromatic carbocycles. The number of likely N-dealkylation sites (tertiary alicyclic amines) is 1. The lowest BCUT2D eigenvalue weighted by atomic mass is 9.91. The topological polar surface area (TPSA) is 49.6 Å². The summed E-state index contributed by atoms with van der Waals surface area (Å²) < 4.78 is 6.12. The van der Waals surface area contributed by atoms with Crippen LogP contribution in [0.1, 0.15) is 29.5 Å². The summed E-state index contributed by atoms with van der Waals surface area (Å²) in [4.78, 5) is 22.2. The number of rotatable bonds is 6. The van der Waals surface area contributed by atoms with Crippen LogP contribution in [0.5, 0.6) is 0 Å². The number of benzene rings is 1. The summed E-state index contributed by atoms with van der Waals surface area (Å²) in [7, 11) is 0. The van der Waals surface area contributed by atoms with Gasteiger partial charge in [0.25, 0.3) is 5.91 Å². The van der Waals surface area contributed by atoms with E-state index in [1.165, 1.54) is 5.56 Å². The van der Waals surface area contributed by atoms with Gasteiger partial charge in [0.15, 0.2) is 10.4 Å². The molecule has 0 aliphatic carbocycles. The number of aromatic nitrogens is 1. The Morgan fingerprint density at radius 1 is 1.17 bits per heavy atom. The van der Waals surface area contributed by atoms with Crippen LogP contribution in [0.2, 0.25) is 0 Å². The van der Waals surface area contributed by atoms with Crippen molar-refractivity contribution < 1.29 is 9.21 Å². The number of halogens is 1. The zero-order valence-corrected chi connectivity index (χ0v) is 18.7. The van der Waals surface area contributed by atoms with Gasteiger partial charge < -0.3 is 9.32 Å². The summed E-state index contributed by atoms with van der Waals surface area (Å²) >= 11 is 3.30. The molecule has 2 aromatic heterocycles. The largest absolute Gasteiger partial charge is 0.444 e. The quantitative estimate of drug-likeness (QED) is 0.509. The van der Waals surface area contributed by atoms with Crippen molar-refractivity contribution in [2.24, 2.45) is 5.92 Å². The number of carbonyl (C=O) groups excluding carboxylic acids is 1. The highest BCUT2D eigenvalue weighted by molar-refractivity contribution is 9.10. The average molecular weight is 468 g/mol. The van der Waals surface area contributed by atoms with E-state index in [-0.39, 0.29) is 11.9 Å². The molecular weight excluding hydrogens is 442 g/mol. The zero-order valence-electron chi connectivity index (χ0n) is 17.1. The maximum Gasteiger partial charge on any atom is 0.295 e. The SMILES string of the molecule is C[C@H]1CN(CCc2ccccc2)CC[C@H]1N(C(=O)c1ccc(Br)o1)c1ccccn1. The number of pyridine rings is 1. The molecule has 0 unspecified atom stereocenters. The molecule has 1 fully saturated rings. The number of piperidine rings is 1. The van der Waals surface area contributed by atoms with Crippen LogP contribution >= 0.6 is 15.9 Å². The third-order valence-corrected chi connectivity index (χ3v) is 6.16. The van der Waals surface area contributed by atoms with Gasteiger partial charge in [-0.1, -0.05) is 43.3 Å². The Balaban J connectivity index is 1.48. The Morgan fingerprint density at radius 2 is 1.97 bits per heavy atom. The molecule has 5 nitrogen and oxygen atoms in total. The summed E-state index contributed by atoms with van der Waals surface area (Å²) in [5.74, 6) is 1.17. The van der Waals surface area contributed by atoms with E-state index in [1.54, 1.807) is 18.3 Å². The fourth-order valence-electron chi connectivity index (χ4n) is 4.21. The van der Waals surface area contributed by atoms with Crippen LogP contribution in [-0.2, 0) is 6.42 Å². The molecule has 0 saturated carbocycles. The molecule has 3 aromatic rings. The zero-order chi connectivity index (χ0) is 20.9. The van der Waals surface area contributed by atoms with Gasteiger partial charge in [-0.05, 0) is 64.5 Å². The third-order valence-electron chi connectivity index (χ3n) is 5.73. The molecule has 156 valence electrons. The Morgan fingerprint density at radius 3 is 2.63 bits per heavy atom. The molecule has 2 atom stereocenters.